The molecule has 0 atom stereocenters. The molecule has 3 heterocycles. The highest BCUT2D eigenvalue weighted by molar-refractivity contribution is 6.46. The Kier molecular flexibility index (Phi) is 5.26. The van der Waals surface area contributed by atoms with Crippen LogP contribution in [0, 0.1) is 0 Å². The van der Waals surface area contributed by atoms with Gasteiger partial charge in [0.15, 0.2) is 5.82 Å². The number of nitrogens with zero attached hydrogens (tertiary/aromatic N) is 4. The van der Waals surface area contributed by atoms with Crippen LogP contribution in [0.1, 0.15) is 18.4 Å². The summed E-state index contributed by atoms with van der Waals surface area (Å²) in [4.78, 5) is 11.8. The number of fused-ring (bicyclic) bond motifs is 1. The number of anilines is 1. The van der Waals surface area contributed by atoms with E-state index in [9.17, 15) is 4.79 Å². The number of carbonyl (C=O) groups excluding carboxylic acids is 1. The van der Waals surface area contributed by atoms with E-state index < -0.39 is 0 Å². The van der Waals surface area contributed by atoms with Crippen LogP contribution in [0.3, 0.4) is 0 Å². The van der Waals surface area contributed by atoms with Crippen molar-refractivity contribution in [3.63, 3.8) is 0 Å². The topological polar surface area (TPSA) is 109 Å². The number of carbonyl (C=O) groups is 1. The molecule has 1 amide bonds. The minimum Gasteiger partial charge on any atom is -0.394 e. The average molecular weight is 424 g/mol. The SMILES string of the molecule is CC(=O)Nc1cc(Cl)c(Cl)c2c1c(C1CNNC1)cn2-c1cn(CCO)nn1. The molecule has 9 nitrogen and oxygen atoms in total. The highest BCUT2D eigenvalue weighted by Crippen LogP contribution is 2.42. The molecule has 28 heavy (non-hydrogen) atoms. The lowest BCUT2D eigenvalue weighted by Crippen LogP contribution is -2.21. The number of benzene rings is 1. The van der Waals surface area contributed by atoms with Crippen molar-refractivity contribution in [3.8, 4) is 5.82 Å². The van der Waals surface area contributed by atoms with Crippen molar-refractivity contribution in [3.05, 3.63) is 34.1 Å². The Bertz CT molecular complexity index is 1040. The van der Waals surface area contributed by atoms with Crippen molar-refractivity contribution >= 4 is 45.7 Å². The van der Waals surface area contributed by atoms with Gasteiger partial charge >= 0.3 is 0 Å². The second-order valence-electron chi connectivity index (χ2n) is 6.60. The van der Waals surface area contributed by atoms with Crippen LogP contribution in [0.5, 0.6) is 0 Å². The van der Waals surface area contributed by atoms with E-state index in [2.05, 4.69) is 26.5 Å². The largest absolute Gasteiger partial charge is 0.394 e. The van der Waals surface area contributed by atoms with Gasteiger partial charge in [-0.3, -0.25) is 20.2 Å². The maximum Gasteiger partial charge on any atom is 0.221 e. The number of rotatable bonds is 5. The van der Waals surface area contributed by atoms with E-state index in [1.165, 1.54) is 6.92 Å². The lowest BCUT2D eigenvalue weighted by atomic mass is 9.98. The zero-order valence-corrected chi connectivity index (χ0v) is 16.5. The zero-order valence-electron chi connectivity index (χ0n) is 15.0. The molecule has 1 saturated heterocycles. The summed E-state index contributed by atoms with van der Waals surface area (Å²) in [6.45, 7) is 3.20. The van der Waals surface area contributed by atoms with Crippen LogP contribution in [0.25, 0.3) is 16.7 Å². The number of hydrogen-bond acceptors (Lipinski definition) is 6. The average Bonchev–Trinajstić information content (AvgIpc) is 3.37. The van der Waals surface area contributed by atoms with Gasteiger partial charge in [0.25, 0.3) is 0 Å². The minimum atomic E-state index is -0.199. The van der Waals surface area contributed by atoms with Crippen molar-refractivity contribution in [1.29, 1.82) is 0 Å². The molecule has 3 aromatic rings. The van der Waals surface area contributed by atoms with E-state index in [1.54, 1.807) is 16.9 Å². The van der Waals surface area contributed by atoms with Crippen LogP contribution in [0.4, 0.5) is 5.69 Å². The molecule has 0 aliphatic carbocycles. The normalized spacial score (nSPS) is 14.9. The van der Waals surface area contributed by atoms with Gasteiger partial charge in [0, 0.05) is 37.5 Å². The van der Waals surface area contributed by atoms with E-state index in [0.29, 0.717) is 33.6 Å². The molecule has 148 valence electrons. The Morgan fingerprint density at radius 1 is 1.36 bits per heavy atom. The summed E-state index contributed by atoms with van der Waals surface area (Å²) in [7, 11) is 0. The van der Waals surface area contributed by atoms with E-state index in [1.807, 2.05) is 10.8 Å². The molecular weight excluding hydrogens is 405 g/mol. The summed E-state index contributed by atoms with van der Waals surface area (Å²) >= 11 is 12.9. The highest BCUT2D eigenvalue weighted by atomic mass is 35.5. The molecule has 2 aromatic heterocycles. The Morgan fingerprint density at radius 3 is 2.79 bits per heavy atom. The van der Waals surface area contributed by atoms with E-state index in [-0.39, 0.29) is 18.4 Å². The third-order valence-electron chi connectivity index (χ3n) is 4.67. The third-order valence-corrected chi connectivity index (χ3v) is 5.44. The second-order valence-corrected chi connectivity index (χ2v) is 7.39. The molecule has 4 rings (SSSR count). The fourth-order valence-corrected chi connectivity index (χ4v) is 3.91. The van der Waals surface area contributed by atoms with Gasteiger partial charge in [-0.05, 0) is 11.6 Å². The lowest BCUT2D eigenvalue weighted by molar-refractivity contribution is -0.114. The lowest BCUT2D eigenvalue weighted by Gasteiger charge is -2.12. The summed E-state index contributed by atoms with van der Waals surface area (Å²) in [5.74, 6) is 0.512. The van der Waals surface area contributed by atoms with E-state index in [4.69, 9.17) is 28.3 Å². The van der Waals surface area contributed by atoms with Gasteiger partial charge in [0.1, 0.15) is 0 Å². The predicted octanol–water partition coefficient (Wildman–Crippen LogP) is 1.67. The standard InChI is InChI=1S/C17H19Cl2N7O2/c1-9(28)22-13-4-12(18)16(19)17-15(13)11(10-5-20-21-6-10)7-26(17)14-8-25(2-3-27)24-23-14/h4,7-8,10,20-21,27H,2-3,5-6H2,1H3,(H,22,28). The van der Waals surface area contributed by atoms with Gasteiger partial charge in [-0.25, -0.2) is 4.68 Å². The van der Waals surface area contributed by atoms with Crippen LogP contribution in [-0.2, 0) is 11.3 Å². The number of aliphatic hydroxyl groups excluding tert-OH is 1. The summed E-state index contributed by atoms with van der Waals surface area (Å²) in [5.41, 5.74) is 8.50. The smallest absolute Gasteiger partial charge is 0.221 e. The fourth-order valence-electron chi connectivity index (χ4n) is 3.47. The molecule has 11 heteroatoms. The summed E-state index contributed by atoms with van der Waals surface area (Å²) in [6, 6.07) is 1.67. The second kappa shape index (κ2) is 7.69. The number of aromatic nitrogens is 4. The van der Waals surface area contributed by atoms with Crippen molar-refractivity contribution in [1.82, 2.24) is 30.4 Å². The summed E-state index contributed by atoms with van der Waals surface area (Å²) < 4.78 is 3.37. The third kappa shape index (κ3) is 3.36. The van der Waals surface area contributed by atoms with Crippen molar-refractivity contribution in [2.24, 2.45) is 0 Å². The number of nitrogens with one attached hydrogen (secondary N) is 3. The molecule has 1 fully saturated rings. The first-order valence-corrected chi connectivity index (χ1v) is 9.52. The minimum absolute atomic E-state index is 0.0425. The quantitative estimate of drug-likeness (QED) is 0.496. The van der Waals surface area contributed by atoms with Crippen LogP contribution < -0.4 is 16.2 Å². The van der Waals surface area contributed by atoms with Crippen LogP contribution in [0.15, 0.2) is 18.5 Å². The summed E-state index contributed by atoms with van der Waals surface area (Å²) in [6.07, 6.45) is 3.67. The number of hydrazine groups is 1. The molecule has 0 radical (unpaired) electrons. The first-order chi connectivity index (χ1) is 13.5. The molecule has 1 aliphatic heterocycles. The molecule has 1 aromatic carbocycles. The monoisotopic (exact) mass is 423 g/mol. The van der Waals surface area contributed by atoms with Crippen molar-refractivity contribution in [2.75, 3.05) is 25.0 Å². The first kappa shape index (κ1) is 19.2. The van der Waals surface area contributed by atoms with Crippen molar-refractivity contribution < 1.29 is 9.90 Å². The number of hydrogen-bond donors (Lipinski definition) is 4. The number of halogens is 2. The van der Waals surface area contributed by atoms with E-state index >= 15 is 0 Å². The molecule has 4 N–H and O–H groups in total. The van der Waals surface area contributed by atoms with Crippen molar-refractivity contribution in [2.45, 2.75) is 19.4 Å². The van der Waals surface area contributed by atoms with E-state index in [0.717, 1.165) is 24.0 Å². The van der Waals surface area contributed by atoms with Crippen LogP contribution in [-0.4, -0.2) is 50.3 Å². The maximum atomic E-state index is 11.8. The Morgan fingerprint density at radius 2 is 2.11 bits per heavy atom. The van der Waals surface area contributed by atoms with Gasteiger partial charge in [0.05, 0.1) is 40.6 Å². The highest BCUT2D eigenvalue weighted by Gasteiger charge is 2.27. The van der Waals surface area contributed by atoms with Gasteiger partial charge in [-0.1, -0.05) is 28.4 Å². The molecule has 0 saturated carbocycles. The van der Waals surface area contributed by atoms with Gasteiger partial charge in [0.2, 0.25) is 5.91 Å². The predicted molar refractivity (Wildman–Crippen MR) is 107 cm³/mol. The van der Waals surface area contributed by atoms with Gasteiger partial charge < -0.3 is 10.4 Å². The molecule has 0 spiro atoms. The molecule has 0 bridgehead atoms. The fraction of sp³-hybridized carbons (Fsp3) is 0.353. The number of aliphatic hydroxyl groups is 1. The molecule has 0 unspecified atom stereocenters. The van der Waals surface area contributed by atoms with Gasteiger partial charge in [-0.2, -0.15) is 0 Å². The number of amides is 1. The Balaban J connectivity index is 1.98. The Hall–Kier alpha value is -2.17. The summed E-state index contributed by atoms with van der Waals surface area (Å²) in [5, 5.41) is 21.7. The van der Waals surface area contributed by atoms with Crippen LogP contribution >= 0.6 is 23.2 Å². The first-order valence-electron chi connectivity index (χ1n) is 8.77. The van der Waals surface area contributed by atoms with Gasteiger partial charge in [-0.15, -0.1) is 5.10 Å². The van der Waals surface area contributed by atoms with Crippen LogP contribution in [0.2, 0.25) is 10.0 Å². The molecule has 1 aliphatic rings. The molecular formula is C17H19Cl2N7O2. The maximum absolute atomic E-state index is 11.8. The zero-order chi connectivity index (χ0) is 19.8. The Labute approximate surface area is 170 Å².